The van der Waals surface area contributed by atoms with E-state index in [1.165, 1.54) is 0 Å². The zero-order valence-electron chi connectivity index (χ0n) is 9.40. The minimum atomic E-state index is -0.172. The van der Waals surface area contributed by atoms with Crippen LogP contribution in [0.15, 0.2) is 30.5 Å². The van der Waals surface area contributed by atoms with Crippen molar-refractivity contribution in [3.63, 3.8) is 0 Å². The van der Waals surface area contributed by atoms with Gasteiger partial charge in [0.05, 0.1) is 5.69 Å². The lowest BCUT2D eigenvalue weighted by atomic mass is 10.0. The van der Waals surface area contributed by atoms with E-state index in [2.05, 4.69) is 5.10 Å². The lowest BCUT2D eigenvalue weighted by Crippen LogP contribution is -2.14. The zero-order chi connectivity index (χ0) is 12.4. The van der Waals surface area contributed by atoms with Crippen LogP contribution in [0.5, 0.6) is 0 Å². The van der Waals surface area contributed by atoms with Crippen LogP contribution < -0.4 is 5.73 Å². The Hall–Kier alpha value is -1.03. The van der Waals surface area contributed by atoms with E-state index in [9.17, 15) is 0 Å². The average molecular weight is 270 g/mol. The van der Waals surface area contributed by atoms with E-state index in [0.29, 0.717) is 16.5 Å². The number of nitrogens with zero attached hydrogens (tertiary/aromatic N) is 2. The maximum atomic E-state index is 6.11. The highest BCUT2D eigenvalue weighted by Gasteiger charge is 2.12. The molecule has 0 saturated heterocycles. The minimum absolute atomic E-state index is 0.172. The summed E-state index contributed by atoms with van der Waals surface area (Å²) < 4.78 is 1.76. The molecule has 1 heterocycles. The van der Waals surface area contributed by atoms with Gasteiger partial charge in [-0.2, -0.15) is 5.10 Å². The first kappa shape index (κ1) is 12.4. The Morgan fingerprint density at radius 1 is 1.35 bits per heavy atom. The zero-order valence-corrected chi connectivity index (χ0v) is 10.9. The van der Waals surface area contributed by atoms with Crippen LogP contribution in [-0.4, -0.2) is 9.78 Å². The molecule has 5 heteroatoms. The van der Waals surface area contributed by atoms with Crippen LogP contribution in [0.1, 0.15) is 17.3 Å². The predicted octanol–water partition coefficient (Wildman–Crippen LogP) is 2.97. The van der Waals surface area contributed by atoms with Gasteiger partial charge in [0.1, 0.15) is 0 Å². The molecule has 0 radical (unpaired) electrons. The molecule has 2 N–H and O–H groups in total. The molecule has 2 aromatic rings. The SMILES string of the molecule is Cn1ccc(CC(N)c2ccc(Cl)cc2Cl)n1. The summed E-state index contributed by atoms with van der Waals surface area (Å²) >= 11 is 11.9. The molecule has 0 fully saturated rings. The quantitative estimate of drug-likeness (QED) is 0.931. The molecule has 0 aliphatic rings. The Morgan fingerprint density at radius 3 is 2.71 bits per heavy atom. The van der Waals surface area contributed by atoms with Crippen molar-refractivity contribution in [3.8, 4) is 0 Å². The van der Waals surface area contributed by atoms with Crippen LogP contribution in [0.3, 0.4) is 0 Å². The number of aromatic nitrogens is 2. The van der Waals surface area contributed by atoms with Crippen molar-refractivity contribution < 1.29 is 0 Å². The summed E-state index contributed by atoms with van der Waals surface area (Å²) in [5, 5.41) is 5.50. The standard InChI is InChI=1S/C12H13Cl2N3/c1-17-5-4-9(16-17)7-12(15)10-3-2-8(13)6-11(10)14/h2-6,12H,7,15H2,1H3. The van der Waals surface area contributed by atoms with Crippen molar-refractivity contribution in [1.29, 1.82) is 0 Å². The van der Waals surface area contributed by atoms with E-state index >= 15 is 0 Å². The first-order valence-corrected chi connectivity index (χ1v) is 6.01. The molecule has 0 saturated carbocycles. The maximum Gasteiger partial charge on any atom is 0.0643 e. The van der Waals surface area contributed by atoms with Gasteiger partial charge in [-0.25, -0.2) is 0 Å². The fraction of sp³-hybridized carbons (Fsp3) is 0.250. The molecule has 0 amide bonds. The summed E-state index contributed by atoms with van der Waals surface area (Å²) in [6.07, 6.45) is 2.55. The van der Waals surface area contributed by atoms with Crippen molar-refractivity contribution >= 4 is 23.2 Å². The van der Waals surface area contributed by atoms with Crippen molar-refractivity contribution in [2.75, 3.05) is 0 Å². The van der Waals surface area contributed by atoms with Gasteiger partial charge in [-0.3, -0.25) is 4.68 Å². The Morgan fingerprint density at radius 2 is 2.12 bits per heavy atom. The monoisotopic (exact) mass is 269 g/mol. The van der Waals surface area contributed by atoms with Crippen molar-refractivity contribution in [2.24, 2.45) is 12.8 Å². The normalized spacial score (nSPS) is 12.7. The van der Waals surface area contributed by atoms with Crippen LogP contribution in [-0.2, 0) is 13.5 Å². The van der Waals surface area contributed by atoms with E-state index in [1.54, 1.807) is 16.8 Å². The van der Waals surface area contributed by atoms with Crippen LogP contribution >= 0.6 is 23.2 Å². The van der Waals surface area contributed by atoms with Crippen LogP contribution in [0, 0.1) is 0 Å². The Kier molecular flexibility index (Phi) is 3.72. The summed E-state index contributed by atoms with van der Waals surface area (Å²) in [7, 11) is 1.88. The second-order valence-electron chi connectivity index (χ2n) is 3.96. The van der Waals surface area contributed by atoms with E-state index in [-0.39, 0.29) is 6.04 Å². The Bertz CT molecular complexity index is 522. The van der Waals surface area contributed by atoms with Gasteiger partial charge in [0.25, 0.3) is 0 Å². The molecule has 0 aliphatic heterocycles. The topological polar surface area (TPSA) is 43.8 Å². The van der Waals surface area contributed by atoms with E-state index in [4.69, 9.17) is 28.9 Å². The molecule has 1 aromatic heterocycles. The molecule has 3 nitrogen and oxygen atoms in total. The fourth-order valence-electron chi connectivity index (χ4n) is 1.71. The molecule has 17 heavy (non-hydrogen) atoms. The largest absolute Gasteiger partial charge is 0.324 e. The van der Waals surface area contributed by atoms with Crippen LogP contribution in [0.25, 0.3) is 0 Å². The fourth-order valence-corrected chi connectivity index (χ4v) is 2.26. The van der Waals surface area contributed by atoms with E-state index in [1.807, 2.05) is 25.4 Å². The summed E-state index contributed by atoms with van der Waals surface area (Å²) in [6.45, 7) is 0. The van der Waals surface area contributed by atoms with Gasteiger partial charge in [0.15, 0.2) is 0 Å². The van der Waals surface area contributed by atoms with Gasteiger partial charge in [-0.15, -0.1) is 0 Å². The third-order valence-electron chi connectivity index (χ3n) is 2.56. The first-order chi connectivity index (χ1) is 8.06. The Labute approximate surface area is 110 Å². The molecular weight excluding hydrogens is 257 g/mol. The van der Waals surface area contributed by atoms with Crippen LogP contribution in [0.2, 0.25) is 10.0 Å². The molecule has 0 bridgehead atoms. The third-order valence-corrected chi connectivity index (χ3v) is 3.12. The van der Waals surface area contributed by atoms with Gasteiger partial charge in [-0.05, 0) is 23.8 Å². The van der Waals surface area contributed by atoms with E-state index in [0.717, 1.165) is 11.3 Å². The number of halogens is 2. The van der Waals surface area contributed by atoms with Gasteiger partial charge in [0, 0.05) is 35.8 Å². The minimum Gasteiger partial charge on any atom is -0.324 e. The number of aryl methyl sites for hydroxylation is 1. The molecule has 0 aliphatic carbocycles. The lowest BCUT2D eigenvalue weighted by molar-refractivity contribution is 0.675. The van der Waals surface area contributed by atoms with Crippen molar-refractivity contribution in [3.05, 3.63) is 51.8 Å². The summed E-state index contributed by atoms with van der Waals surface area (Å²) in [5.41, 5.74) is 7.95. The number of hydrogen-bond donors (Lipinski definition) is 1. The molecule has 1 atom stereocenters. The second-order valence-corrected chi connectivity index (χ2v) is 4.80. The highest BCUT2D eigenvalue weighted by molar-refractivity contribution is 6.35. The summed E-state index contributed by atoms with van der Waals surface area (Å²) in [5.74, 6) is 0. The molecule has 0 spiro atoms. The number of benzene rings is 1. The van der Waals surface area contributed by atoms with Gasteiger partial charge >= 0.3 is 0 Å². The number of rotatable bonds is 3. The summed E-state index contributed by atoms with van der Waals surface area (Å²) in [4.78, 5) is 0. The maximum absolute atomic E-state index is 6.11. The molecule has 1 unspecified atom stereocenters. The third kappa shape index (κ3) is 3.00. The highest BCUT2D eigenvalue weighted by atomic mass is 35.5. The van der Waals surface area contributed by atoms with E-state index < -0.39 is 0 Å². The molecular formula is C12H13Cl2N3. The predicted molar refractivity (Wildman–Crippen MR) is 70.3 cm³/mol. The summed E-state index contributed by atoms with van der Waals surface area (Å²) in [6, 6.07) is 7.13. The van der Waals surface area contributed by atoms with Crippen LogP contribution in [0.4, 0.5) is 0 Å². The molecule has 1 aromatic carbocycles. The smallest absolute Gasteiger partial charge is 0.0643 e. The van der Waals surface area contributed by atoms with Gasteiger partial charge in [0.2, 0.25) is 0 Å². The second kappa shape index (κ2) is 5.08. The molecule has 2 rings (SSSR count). The lowest BCUT2D eigenvalue weighted by Gasteiger charge is -2.12. The number of nitrogens with two attached hydrogens (primary N) is 1. The average Bonchev–Trinajstić information content (AvgIpc) is 2.63. The Balaban J connectivity index is 2.17. The molecule has 90 valence electrons. The highest BCUT2D eigenvalue weighted by Crippen LogP contribution is 2.26. The number of hydrogen-bond acceptors (Lipinski definition) is 2. The van der Waals surface area contributed by atoms with Gasteiger partial charge in [-0.1, -0.05) is 29.3 Å². The van der Waals surface area contributed by atoms with Crippen molar-refractivity contribution in [1.82, 2.24) is 9.78 Å². The van der Waals surface area contributed by atoms with Gasteiger partial charge < -0.3 is 5.73 Å². The van der Waals surface area contributed by atoms with Crippen molar-refractivity contribution in [2.45, 2.75) is 12.5 Å². The first-order valence-electron chi connectivity index (χ1n) is 5.25.